The van der Waals surface area contributed by atoms with Gasteiger partial charge in [-0.05, 0) is 30.5 Å². The predicted octanol–water partition coefficient (Wildman–Crippen LogP) is 1.54. The average molecular weight is 164 g/mol. The third kappa shape index (κ3) is 2.45. The van der Waals surface area contributed by atoms with Crippen LogP contribution in [0.5, 0.6) is 0 Å². The highest BCUT2D eigenvalue weighted by atomic mass is 35.5. The zero-order valence-corrected chi connectivity index (χ0v) is 7.03. The lowest BCUT2D eigenvalue weighted by Gasteiger charge is -2.08. The van der Waals surface area contributed by atoms with Crippen molar-refractivity contribution in [3.63, 3.8) is 0 Å². The highest BCUT2D eigenvalue weighted by molar-refractivity contribution is 6.13. The van der Waals surface area contributed by atoms with Gasteiger partial charge < -0.3 is 4.74 Å². The van der Waals surface area contributed by atoms with E-state index in [9.17, 15) is 0 Å². The van der Waals surface area contributed by atoms with Crippen LogP contribution in [-0.4, -0.2) is 19.3 Å². The fourth-order valence-electron chi connectivity index (χ4n) is 1.15. The fraction of sp³-hybridized carbons (Fsp3) is 1.00. The van der Waals surface area contributed by atoms with Gasteiger partial charge in [-0.15, -0.1) is 0 Å². The highest BCUT2D eigenvalue weighted by Crippen LogP contribution is 2.13. The number of rotatable bonds is 1. The Hall–Kier alpha value is 0.210. The first-order valence-electron chi connectivity index (χ1n) is 3.77. The molecule has 0 radical (unpaired) electrons. The Morgan fingerprint density at radius 2 is 2.20 bits per heavy atom. The molecule has 2 nitrogen and oxygen atoms in total. The van der Waals surface area contributed by atoms with Crippen LogP contribution in [-0.2, 0) is 4.74 Å². The second-order valence-corrected chi connectivity index (χ2v) is 3.24. The van der Waals surface area contributed by atoms with Crippen molar-refractivity contribution in [3.05, 3.63) is 0 Å². The quantitative estimate of drug-likeness (QED) is 0.593. The summed E-state index contributed by atoms with van der Waals surface area (Å²) in [6.07, 6.45) is 2.34. The monoisotopic (exact) mass is 163 g/mol. The molecule has 0 aromatic heterocycles. The standard InChI is InChI=1S/C7H14ClNO/c1-6-2-3-7(9-8)5-10-4-6/h6-7,9H,2-5H2,1H3. The molecule has 1 heterocycles. The molecular weight excluding hydrogens is 150 g/mol. The summed E-state index contributed by atoms with van der Waals surface area (Å²) < 4.78 is 5.36. The van der Waals surface area contributed by atoms with Crippen molar-refractivity contribution in [3.8, 4) is 0 Å². The third-order valence-electron chi connectivity index (χ3n) is 1.88. The van der Waals surface area contributed by atoms with Crippen molar-refractivity contribution in [2.24, 2.45) is 5.92 Å². The van der Waals surface area contributed by atoms with Gasteiger partial charge in [-0.1, -0.05) is 6.92 Å². The Morgan fingerprint density at radius 1 is 1.40 bits per heavy atom. The summed E-state index contributed by atoms with van der Waals surface area (Å²) in [5.41, 5.74) is 0. The summed E-state index contributed by atoms with van der Waals surface area (Å²) in [5.74, 6) is 0.690. The minimum atomic E-state index is 0.353. The fourth-order valence-corrected chi connectivity index (χ4v) is 1.32. The number of halogens is 1. The lowest BCUT2D eigenvalue weighted by atomic mass is 10.1. The Morgan fingerprint density at radius 3 is 2.90 bits per heavy atom. The molecule has 1 aliphatic heterocycles. The molecule has 10 heavy (non-hydrogen) atoms. The summed E-state index contributed by atoms with van der Waals surface area (Å²) in [5, 5.41) is 0. The maximum Gasteiger partial charge on any atom is 0.0632 e. The van der Waals surface area contributed by atoms with Gasteiger partial charge in [0, 0.05) is 12.6 Å². The van der Waals surface area contributed by atoms with E-state index in [1.807, 2.05) is 0 Å². The number of nitrogens with one attached hydrogen (secondary N) is 1. The van der Waals surface area contributed by atoms with Gasteiger partial charge in [0.1, 0.15) is 0 Å². The van der Waals surface area contributed by atoms with Crippen LogP contribution < -0.4 is 4.84 Å². The lowest BCUT2D eigenvalue weighted by molar-refractivity contribution is 0.111. The van der Waals surface area contributed by atoms with Gasteiger partial charge in [-0.25, -0.2) is 4.84 Å². The number of hydrogen-bond acceptors (Lipinski definition) is 2. The number of ether oxygens (including phenoxy) is 1. The normalized spacial score (nSPS) is 35.4. The van der Waals surface area contributed by atoms with Crippen LogP contribution in [0.3, 0.4) is 0 Å². The largest absolute Gasteiger partial charge is 0.380 e. The molecule has 0 saturated carbocycles. The minimum absolute atomic E-state index is 0.353. The van der Waals surface area contributed by atoms with Crippen LogP contribution >= 0.6 is 11.8 Å². The van der Waals surface area contributed by atoms with E-state index in [0.717, 1.165) is 19.6 Å². The summed E-state index contributed by atoms with van der Waals surface area (Å²) in [6, 6.07) is 0.353. The Kier molecular flexibility index (Phi) is 3.46. The maximum absolute atomic E-state index is 5.47. The molecule has 60 valence electrons. The summed E-state index contributed by atoms with van der Waals surface area (Å²) in [6.45, 7) is 3.85. The van der Waals surface area contributed by atoms with Crippen molar-refractivity contribution < 1.29 is 4.74 Å². The van der Waals surface area contributed by atoms with E-state index < -0.39 is 0 Å². The van der Waals surface area contributed by atoms with Crippen molar-refractivity contribution in [1.29, 1.82) is 0 Å². The highest BCUT2D eigenvalue weighted by Gasteiger charge is 2.14. The van der Waals surface area contributed by atoms with Crippen molar-refractivity contribution in [2.75, 3.05) is 13.2 Å². The molecule has 0 amide bonds. The van der Waals surface area contributed by atoms with Gasteiger partial charge in [0.2, 0.25) is 0 Å². The van der Waals surface area contributed by atoms with E-state index in [1.54, 1.807) is 0 Å². The Bertz CT molecular complexity index is 99.6. The molecule has 0 aromatic rings. The molecule has 2 atom stereocenters. The SMILES string of the molecule is CC1CCC(NCl)COC1. The van der Waals surface area contributed by atoms with Crippen LogP contribution in [0.15, 0.2) is 0 Å². The molecular formula is C7H14ClNO. The molecule has 1 saturated heterocycles. The molecule has 1 rings (SSSR count). The van der Waals surface area contributed by atoms with Gasteiger partial charge in [0.05, 0.1) is 6.61 Å². The van der Waals surface area contributed by atoms with Gasteiger partial charge in [-0.2, -0.15) is 0 Å². The van der Waals surface area contributed by atoms with E-state index in [1.165, 1.54) is 6.42 Å². The third-order valence-corrected chi connectivity index (χ3v) is 2.19. The van der Waals surface area contributed by atoms with Crippen molar-refractivity contribution in [2.45, 2.75) is 25.8 Å². The minimum Gasteiger partial charge on any atom is -0.380 e. The molecule has 3 heteroatoms. The zero-order chi connectivity index (χ0) is 7.40. The van der Waals surface area contributed by atoms with E-state index in [0.29, 0.717) is 12.0 Å². The molecule has 0 aromatic carbocycles. The topological polar surface area (TPSA) is 21.3 Å². The van der Waals surface area contributed by atoms with Crippen LogP contribution in [0.25, 0.3) is 0 Å². The molecule has 1 N–H and O–H groups in total. The van der Waals surface area contributed by atoms with E-state index in [2.05, 4.69) is 11.8 Å². The smallest absolute Gasteiger partial charge is 0.0632 e. The molecule has 1 fully saturated rings. The summed E-state index contributed by atoms with van der Waals surface area (Å²) in [7, 11) is 0. The first-order valence-corrected chi connectivity index (χ1v) is 4.14. The van der Waals surface area contributed by atoms with Gasteiger partial charge in [0.15, 0.2) is 0 Å². The molecule has 2 unspecified atom stereocenters. The second kappa shape index (κ2) is 4.16. The summed E-state index contributed by atoms with van der Waals surface area (Å²) in [4.78, 5) is 2.71. The Balaban J connectivity index is 2.26. The van der Waals surface area contributed by atoms with Crippen LogP contribution in [0.1, 0.15) is 19.8 Å². The average Bonchev–Trinajstić information content (AvgIpc) is 2.14. The lowest BCUT2D eigenvalue weighted by Crippen LogP contribution is -2.24. The zero-order valence-electron chi connectivity index (χ0n) is 6.27. The van der Waals surface area contributed by atoms with E-state index in [-0.39, 0.29) is 0 Å². The maximum atomic E-state index is 5.47. The molecule has 0 aliphatic carbocycles. The van der Waals surface area contributed by atoms with E-state index >= 15 is 0 Å². The van der Waals surface area contributed by atoms with Crippen LogP contribution in [0, 0.1) is 5.92 Å². The van der Waals surface area contributed by atoms with E-state index in [4.69, 9.17) is 16.5 Å². The Labute approximate surface area is 67.0 Å². The summed E-state index contributed by atoms with van der Waals surface area (Å²) >= 11 is 5.47. The number of hydrogen-bond donors (Lipinski definition) is 1. The predicted molar refractivity (Wildman–Crippen MR) is 42.0 cm³/mol. The van der Waals surface area contributed by atoms with Gasteiger partial charge in [-0.3, -0.25) is 0 Å². The van der Waals surface area contributed by atoms with Crippen molar-refractivity contribution >= 4 is 11.8 Å². The second-order valence-electron chi connectivity index (χ2n) is 3.03. The van der Waals surface area contributed by atoms with Gasteiger partial charge in [0.25, 0.3) is 0 Å². The molecule has 0 spiro atoms. The van der Waals surface area contributed by atoms with Crippen LogP contribution in [0.4, 0.5) is 0 Å². The first-order chi connectivity index (χ1) is 4.83. The first kappa shape index (κ1) is 8.31. The molecule has 1 aliphatic rings. The van der Waals surface area contributed by atoms with Crippen LogP contribution in [0.2, 0.25) is 0 Å². The van der Waals surface area contributed by atoms with Gasteiger partial charge >= 0.3 is 0 Å². The molecule has 0 bridgehead atoms. The van der Waals surface area contributed by atoms with Crippen molar-refractivity contribution in [1.82, 2.24) is 4.84 Å².